The first-order valence-electron chi connectivity index (χ1n) is 4.95. The Bertz CT molecular complexity index is 180. The van der Waals surface area contributed by atoms with Crippen molar-refractivity contribution in [3.05, 3.63) is 0 Å². The third kappa shape index (κ3) is 2.75. The van der Waals surface area contributed by atoms with E-state index in [-0.39, 0.29) is 18.1 Å². The first-order valence-corrected chi connectivity index (χ1v) is 4.95. The van der Waals surface area contributed by atoms with E-state index in [1.165, 1.54) is 0 Å². The van der Waals surface area contributed by atoms with Crippen molar-refractivity contribution >= 4 is 5.78 Å². The standard InChI is InChI=1S/C10H16F2O/c1-2-3-7-4-5-8(13)6-9(7)10(11)12/h7,9-10H,2-6H2,1H3. The van der Waals surface area contributed by atoms with Crippen LogP contribution in [0.5, 0.6) is 0 Å². The first kappa shape index (κ1) is 10.6. The highest BCUT2D eigenvalue weighted by atomic mass is 19.3. The third-order valence-electron chi connectivity index (χ3n) is 2.85. The van der Waals surface area contributed by atoms with Gasteiger partial charge in [0.25, 0.3) is 0 Å². The van der Waals surface area contributed by atoms with Crippen LogP contribution in [0.25, 0.3) is 0 Å². The highest BCUT2D eigenvalue weighted by molar-refractivity contribution is 5.79. The molecule has 1 aliphatic rings. The molecule has 0 spiro atoms. The summed E-state index contributed by atoms with van der Waals surface area (Å²) in [6.45, 7) is 2.00. The van der Waals surface area contributed by atoms with E-state index in [0.717, 1.165) is 12.8 Å². The Hall–Kier alpha value is -0.470. The molecular weight excluding hydrogens is 174 g/mol. The van der Waals surface area contributed by atoms with Crippen LogP contribution in [0.2, 0.25) is 0 Å². The van der Waals surface area contributed by atoms with Crippen molar-refractivity contribution in [2.24, 2.45) is 11.8 Å². The predicted octanol–water partition coefficient (Wildman–Crippen LogP) is 3.04. The van der Waals surface area contributed by atoms with E-state index in [9.17, 15) is 13.6 Å². The molecule has 0 saturated heterocycles. The van der Waals surface area contributed by atoms with Crippen molar-refractivity contribution in [3.63, 3.8) is 0 Å². The van der Waals surface area contributed by atoms with Crippen molar-refractivity contribution in [2.45, 2.75) is 45.5 Å². The molecule has 0 aromatic carbocycles. The highest BCUT2D eigenvalue weighted by Crippen LogP contribution is 2.35. The minimum Gasteiger partial charge on any atom is -0.300 e. The third-order valence-corrected chi connectivity index (χ3v) is 2.85. The summed E-state index contributed by atoms with van der Waals surface area (Å²) in [6, 6.07) is 0. The molecule has 2 atom stereocenters. The van der Waals surface area contributed by atoms with Crippen molar-refractivity contribution in [2.75, 3.05) is 0 Å². The first-order chi connectivity index (χ1) is 6.15. The van der Waals surface area contributed by atoms with Crippen LogP contribution in [0.15, 0.2) is 0 Å². The number of halogens is 2. The molecule has 76 valence electrons. The lowest BCUT2D eigenvalue weighted by molar-refractivity contribution is -0.125. The molecule has 0 aromatic rings. The lowest BCUT2D eigenvalue weighted by Crippen LogP contribution is -2.30. The van der Waals surface area contributed by atoms with Crippen LogP contribution < -0.4 is 0 Å². The van der Waals surface area contributed by atoms with Gasteiger partial charge < -0.3 is 0 Å². The number of hydrogen-bond acceptors (Lipinski definition) is 1. The van der Waals surface area contributed by atoms with Gasteiger partial charge in [-0.15, -0.1) is 0 Å². The molecular formula is C10H16F2O. The molecule has 1 aliphatic carbocycles. The van der Waals surface area contributed by atoms with E-state index in [1.807, 2.05) is 6.92 Å². The zero-order valence-corrected chi connectivity index (χ0v) is 7.93. The van der Waals surface area contributed by atoms with Crippen LogP contribution in [-0.2, 0) is 4.79 Å². The molecule has 0 aliphatic heterocycles. The molecule has 13 heavy (non-hydrogen) atoms. The summed E-state index contributed by atoms with van der Waals surface area (Å²) in [6.07, 6.45) is 0.725. The van der Waals surface area contributed by atoms with Crippen LogP contribution in [-0.4, -0.2) is 12.2 Å². The summed E-state index contributed by atoms with van der Waals surface area (Å²) < 4.78 is 25.0. The number of rotatable bonds is 3. The summed E-state index contributed by atoms with van der Waals surface area (Å²) >= 11 is 0. The number of ketones is 1. The van der Waals surface area contributed by atoms with Crippen molar-refractivity contribution in [3.8, 4) is 0 Å². The molecule has 2 unspecified atom stereocenters. The zero-order valence-electron chi connectivity index (χ0n) is 7.93. The van der Waals surface area contributed by atoms with Gasteiger partial charge in [0.1, 0.15) is 5.78 Å². The lowest BCUT2D eigenvalue weighted by atomic mass is 9.76. The second kappa shape index (κ2) is 4.68. The maximum atomic E-state index is 12.5. The Kier molecular flexibility index (Phi) is 3.82. The number of carbonyl (C=O) groups excluding carboxylic acids is 1. The largest absolute Gasteiger partial charge is 0.300 e. The molecule has 0 aromatic heterocycles. The smallest absolute Gasteiger partial charge is 0.242 e. The van der Waals surface area contributed by atoms with Gasteiger partial charge in [0.2, 0.25) is 6.43 Å². The fourth-order valence-corrected chi connectivity index (χ4v) is 2.12. The Morgan fingerprint density at radius 3 is 2.77 bits per heavy atom. The second-order valence-corrected chi connectivity index (χ2v) is 3.83. The van der Waals surface area contributed by atoms with Crippen molar-refractivity contribution in [1.82, 2.24) is 0 Å². The van der Waals surface area contributed by atoms with E-state index < -0.39 is 12.3 Å². The van der Waals surface area contributed by atoms with Gasteiger partial charge in [-0.2, -0.15) is 0 Å². The minimum absolute atomic E-state index is 0.0117. The minimum atomic E-state index is -2.32. The van der Waals surface area contributed by atoms with Crippen LogP contribution in [0.4, 0.5) is 8.78 Å². The topological polar surface area (TPSA) is 17.1 Å². The number of alkyl halides is 2. The summed E-state index contributed by atoms with van der Waals surface area (Å²) in [5.74, 6) is -0.582. The number of hydrogen-bond donors (Lipinski definition) is 0. The average Bonchev–Trinajstić information content (AvgIpc) is 2.08. The van der Waals surface area contributed by atoms with E-state index in [0.29, 0.717) is 12.8 Å². The van der Waals surface area contributed by atoms with E-state index in [4.69, 9.17) is 0 Å². The van der Waals surface area contributed by atoms with Gasteiger partial charge in [-0.05, 0) is 12.3 Å². The molecule has 0 heterocycles. The molecule has 1 saturated carbocycles. The Morgan fingerprint density at radius 1 is 1.54 bits per heavy atom. The van der Waals surface area contributed by atoms with Crippen LogP contribution in [0, 0.1) is 11.8 Å². The van der Waals surface area contributed by atoms with Crippen LogP contribution in [0.1, 0.15) is 39.0 Å². The van der Waals surface area contributed by atoms with Gasteiger partial charge in [-0.3, -0.25) is 4.79 Å². The molecule has 0 amide bonds. The Balaban J connectivity index is 2.55. The molecule has 0 radical (unpaired) electrons. The highest BCUT2D eigenvalue weighted by Gasteiger charge is 2.34. The van der Waals surface area contributed by atoms with Gasteiger partial charge in [0.05, 0.1) is 0 Å². The lowest BCUT2D eigenvalue weighted by Gasteiger charge is -2.29. The maximum Gasteiger partial charge on any atom is 0.242 e. The summed E-state index contributed by atoms with van der Waals surface area (Å²) in [5, 5.41) is 0. The van der Waals surface area contributed by atoms with Gasteiger partial charge in [-0.1, -0.05) is 19.8 Å². The Morgan fingerprint density at radius 2 is 2.23 bits per heavy atom. The molecule has 1 rings (SSSR count). The fourth-order valence-electron chi connectivity index (χ4n) is 2.12. The summed E-state index contributed by atoms with van der Waals surface area (Å²) in [7, 11) is 0. The van der Waals surface area contributed by atoms with Crippen LogP contribution >= 0.6 is 0 Å². The number of Topliss-reactive ketones (excluding diaryl/α,β-unsaturated/α-hetero) is 1. The average molecular weight is 190 g/mol. The predicted molar refractivity (Wildman–Crippen MR) is 46.8 cm³/mol. The number of carbonyl (C=O) groups is 1. The van der Waals surface area contributed by atoms with Crippen molar-refractivity contribution in [1.29, 1.82) is 0 Å². The monoisotopic (exact) mass is 190 g/mol. The molecule has 0 bridgehead atoms. The molecule has 1 fully saturated rings. The van der Waals surface area contributed by atoms with E-state index in [2.05, 4.69) is 0 Å². The quantitative estimate of drug-likeness (QED) is 0.668. The summed E-state index contributed by atoms with van der Waals surface area (Å²) in [4.78, 5) is 11.0. The normalized spacial score (nSPS) is 29.7. The van der Waals surface area contributed by atoms with Crippen molar-refractivity contribution < 1.29 is 13.6 Å². The van der Waals surface area contributed by atoms with E-state index in [1.54, 1.807) is 0 Å². The van der Waals surface area contributed by atoms with Crippen LogP contribution in [0.3, 0.4) is 0 Å². The Labute approximate surface area is 77.5 Å². The van der Waals surface area contributed by atoms with Gasteiger partial charge in [0, 0.05) is 18.8 Å². The second-order valence-electron chi connectivity index (χ2n) is 3.83. The molecule has 1 nitrogen and oxygen atoms in total. The van der Waals surface area contributed by atoms with Gasteiger partial charge in [-0.25, -0.2) is 8.78 Å². The molecule has 0 N–H and O–H groups in total. The SMILES string of the molecule is CCCC1CCC(=O)CC1C(F)F. The zero-order chi connectivity index (χ0) is 9.84. The van der Waals surface area contributed by atoms with E-state index >= 15 is 0 Å². The van der Waals surface area contributed by atoms with Gasteiger partial charge >= 0.3 is 0 Å². The molecule has 3 heteroatoms. The summed E-state index contributed by atoms with van der Waals surface area (Å²) in [5.41, 5.74) is 0. The fraction of sp³-hybridized carbons (Fsp3) is 0.900. The maximum absolute atomic E-state index is 12.5. The van der Waals surface area contributed by atoms with Gasteiger partial charge in [0.15, 0.2) is 0 Å².